The lowest BCUT2D eigenvalue weighted by Crippen LogP contribution is -2.42. The van der Waals surface area contributed by atoms with Crippen molar-refractivity contribution in [2.45, 2.75) is 57.9 Å². The fourth-order valence-electron chi connectivity index (χ4n) is 2.84. The lowest BCUT2D eigenvalue weighted by Gasteiger charge is -2.35. The summed E-state index contributed by atoms with van der Waals surface area (Å²) in [4.78, 5) is 25.7. The molecule has 1 amide bonds. The Morgan fingerprint density at radius 1 is 1.30 bits per heavy atom. The van der Waals surface area contributed by atoms with Crippen LogP contribution < -0.4 is 0 Å². The highest BCUT2D eigenvalue weighted by Crippen LogP contribution is 2.40. The second kappa shape index (κ2) is 7.91. The molecule has 1 fully saturated rings. The van der Waals surface area contributed by atoms with E-state index in [1.165, 1.54) is 0 Å². The van der Waals surface area contributed by atoms with Gasteiger partial charge in [-0.3, -0.25) is 9.59 Å². The predicted molar refractivity (Wildman–Crippen MR) is 83.0 cm³/mol. The average Bonchev–Trinajstić information content (AvgIpc) is 2.44. The topological polar surface area (TPSA) is 57.6 Å². The first kappa shape index (κ1) is 17.3. The number of rotatable bonds is 7. The van der Waals surface area contributed by atoms with Crippen LogP contribution >= 0.6 is 11.8 Å². The van der Waals surface area contributed by atoms with Crippen LogP contribution in [0, 0.1) is 5.41 Å². The molecule has 5 heteroatoms. The Hall–Kier alpha value is -0.710. The van der Waals surface area contributed by atoms with Crippen molar-refractivity contribution >= 4 is 23.6 Å². The van der Waals surface area contributed by atoms with Crippen LogP contribution in [-0.2, 0) is 9.59 Å². The first-order chi connectivity index (χ1) is 9.43. The molecule has 1 rings (SSSR count). The molecule has 1 atom stereocenters. The van der Waals surface area contributed by atoms with Crippen LogP contribution in [0.1, 0.15) is 51.9 Å². The molecular weight excluding hydrogens is 274 g/mol. The van der Waals surface area contributed by atoms with Crippen LogP contribution in [0.25, 0.3) is 0 Å². The van der Waals surface area contributed by atoms with Crippen molar-refractivity contribution < 1.29 is 14.7 Å². The lowest BCUT2D eigenvalue weighted by molar-refractivity contribution is -0.156. The van der Waals surface area contributed by atoms with Gasteiger partial charge in [0.2, 0.25) is 5.91 Å². The van der Waals surface area contributed by atoms with Crippen molar-refractivity contribution in [3.05, 3.63) is 0 Å². The molecule has 0 aromatic heterocycles. The van der Waals surface area contributed by atoms with Gasteiger partial charge in [-0.2, -0.15) is 11.8 Å². The molecule has 1 N–H and O–H groups in total. The van der Waals surface area contributed by atoms with E-state index in [1.807, 2.05) is 6.92 Å². The molecule has 1 aliphatic carbocycles. The summed E-state index contributed by atoms with van der Waals surface area (Å²) in [5, 5.41) is 9.53. The van der Waals surface area contributed by atoms with Gasteiger partial charge in [-0.25, -0.2) is 0 Å². The highest BCUT2D eigenvalue weighted by molar-refractivity contribution is 7.98. The number of amides is 1. The minimum absolute atomic E-state index is 0.0251. The number of carbonyl (C=O) groups excluding carboxylic acids is 1. The van der Waals surface area contributed by atoms with Gasteiger partial charge < -0.3 is 10.0 Å². The summed E-state index contributed by atoms with van der Waals surface area (Å²) in [5.41, 5.74) is -0.817. The van der Waals surface area contributed by atoms with Gasteiger partial charge in [0, 0.05) is 19.5 Å². The summed E-state index contributed by atoms with van der Waals surface area (Å²) in [5.74, 6) is 0.196. The highest BCUT2D eigenvalue weighted by Gasteiger charge is 2.42. The van der Waals surface area contributed by atoms with E-state index in [0.717, 1.165) is 31.4 Å². The third-order valence-corrected chi connectivity index (χ3v) is 5.19. The molecule has 1 aliphatic rings. The van der Waals surface area contributed by atoms with Crippen LogP contribution in [0.15, 0.2) is 0 Å². The van der Waals surface area contributed by atoms with E-state index in [2.05, 4.69) is 6.26 Å². The number of carboxylic acid groups (broad SMARTS) is 1. The number of carbonyl (C=O) groups is 2. The van der Waals surface area contributed by atoms with Crippen molar-refractivity contribution in [1.82, 2.24) is 4.90 Å². The van der Waals surface area contributed by atoms with Gasteiger partial charge in [0.25, 0.3) is 0 Å². The monoisotopic (exact) mass is 301 g/mol. The molecule has 0 aromatic carbocycles. The first-order valence-electron chi connectivity index (χ1n) is 7.41. The van der Waals surface area contributed by atoms with Crippen molar-refractivity contribution in [3.8, 4) is 0 Å². The van der Waals surface area contributed by atoms with E-state index in [-0.39, 0.29) is 18.4 Å². The van der Waals surface area contributed by atoms with Gasteiger partial charge in [0.05, 0.1) is 5.41 Å². The summed E-state index contributed by atoms with van der Waals surface area (Å²) in [6.07, 6.45) is 7.37. The summed E-state index contributed by atoms with van der Waals surface area (Å²) >= 11 is 1.77. The number of carboxylic acids is 1. The van der Waals surface area contributed by atoms with Crippen LogP contribution in [0.3, 0.4) is 0 Å². The van der Waals surface area contributed by atoms with Crippen molar-refractivity contribution in [2.75, 3.05) is 19.1 Å². The summed E-state index contributed by atoms with van der Waals surface area (Å²) in [7, 11) is 1.80. The maximum Gasteiger partial charge on any atom is 0.310 e. The molecular formula is C15H27NO3S. The fraction of sp³-hybridized carbons (Fsp3) is 0.867. The molecule has 116 valence electrons. The van der Waals surface area contributed by atoms with Crippen molar-refractivity contribution in [1.29, 1.82) is 0 Å². The normalized spacial score (nSPS) is 19.4. The van der Waals surface area contributed by atoms with Gasteiger partial charge in [0.1, 0.15) is 0 Å². The summed E-state index contributed by atoms with van der Waals surface area (Å²) < 4.78 is 0. The van der Waals surface area contributed by atoms with Gasteiger partial charge >= 0.3 is 5.97 Å². The van der Waals surface area contributed by atoms with E-state index in [9.17, 15) is 14.7 Å². The molecule has 0 aliphatic heterocycles. The van der Waals surface area contributed by atoms with Gasteiger partial charge in [-0.15, -0.1) is 0 Å². The molecule has 0 aromatic rings. The number of thioether (sulfide) groups is 1. The number of aliphatic carboxylic acids is 1. The molecule has 0 bridgehead atoms. The van der Waals surface area contributed by atoms with E-state index in [1.54, 1.807) is 23.7 Å². The minimum atomic E-state index is -0.817. The SMILES string of the molecule is CSCCC(C)N(C)C(=O)CC1(C(=O)O)CCCCC1. The predicted octanol–water partition coefficient (Wildman–Crippen LogP) is 3.01. The molecule has 0 spiro atoms. The highest BCUT2D eigenvalue weighted by atomic mass is 32.2. The molecule has 20 heavy (non-hydrogen) atoms. The minimum Gasteiger partial charge on any atom is -0.481 e. The van der Waals surface area contributed by atoms with Gasteiger partial charge in [-0.05, 0) is 38.2 Å². The first-order valence-corrected chi connectivity index (χ1v) is 8.80. The second-order valence-corrected chi connectivity index (χ2v) is 6.94. The van der Waals surface area contributed by atoms with Crippen LogP contribution in [0.5, 0.6) is 0 Å². The van der Waals surface area contributed by atoms with Crippen molar-refractivity contribution in [2.24, 2.45) is 5.41 Å². The molecule has 0 saturated heterocycles. The zero-order valence-corrected chi connectivity index (χ0v) is 13.7. The zero-order valence-electron chi connectivity index (χ0n) is 12.9. The Morgan fingerprint density at radius 2 is 1.90 bits per heavy atom. The van der Waals surface area contributed by atoms with E-state index in [4.69, 9.17) is 0 Å². The Labute approximate surface area is 126 Å². The van der Waals surface area contributed by atoms with Crippen LogP contribution in [0.4, 0.5) is 0 Å². The van der Waals surface area contributed by atoms with E-state index >= 15 is 0 Å². The Balaban J connectivity index is 2.64. The summed E-state index contributed by atoms with van der Waals surface area (Å²) in [6, 6.07) is 0.171. The average molecular weight is 301 g/mol. The lowest BCUT2D eigenvalue weighted by atomic mass is 9.71. The maximum absolute atomic E-state index is 12.4. The molecule has 1 unspecified atom stereocenters. The van der Waals surface area contributed by atoms with E-state index in [0.29, 0.717) is 12.8 Å². The quantitative estimate of drug-likeness (QED) is 0.785. The standard InChI is InChI=1S/C15H27NO3S/c1-12(7-10-20-3)16(2)13(17)11-15(14(18)19)8-5-4-6-9-15/h12H,4-11H2,1-3H3,(H,18,19). The van der Waals surface area contributed by atoms with E-state index < -0.39 is 11.4 Å². The molecule has 0 radical (unpaired) electrons. The summed E-state index contributed by atoms with van der Waals surface area (Å²) in [6.45, 7) is 2.03. The maximum atomic E-state index is 12.4. The Kier molecular flexibility index (Phi) is 6.86. The number of hydrogen-bond donors (Lipinski definition) is 1. The number of nitrogens with zero attached hydrogens (tertiary/aromatic N) is 1. The Morgan fingerprint density at radius 3 is 2.40 bits per heavy atom. The second-order valence-electron chi connectivity index (χ2n) is 5.96. The third kappa shape index (κ3) is 4.40. The molecule has 4 nitrogen and oxygen atoms in total. The van der Waals surface area contributed by atoms with Gasteiger partial charge in [0.15, 0.2) is 0 Å². The number of hydrogen-bond acceptors (Lipinski definition) is 3. The Bertz CT molecular complexity index is 340. The van der Waals surface area contributed by atoms with Gasteiger partial charge in [-0.1, -0.05) is 19.3 Å². The van der Waals surface area contributed by atoms with Crippen LogP contribution in [-0.4, -0.2) is 47.0 Å². The van der Waals surface area contributed by atoms with Crippen LogP contribution in [0.2, 0.25) is 0 Å². The largest absolute Gasteiger partial charge is 0.481 e. The van der Waals surface area contributed by atoms with Crippen molar-refractivity contribution in [3.63, 3.8) is 0 Å². The third-order valence-electron chi connectivity index (χ3n) is 4.55. The smallest absolute Gasteiger partial charge is 0.310 e. The zero-order chi connectivity index (χ0) is 15.2. The fourth-order valence-corrected chi connectivity index (χ4v) is 3.41. The molecule has 1 saturated carbocycles. The molecule has 0 heterocycles.